The Labute approximate surface area is 92.8 Å². The van der Waals surface area contributed by atoms with Gasteiger partial charge in [-0.3, -0.25) is 0 Å². The van der Waals surface area contributed by atoms with Crippen molar-refractivity contribution in [3.05, 3.63) is 48.2 Å². The van der Waals surface area contributed by atoms with E-state index >= 15 is 0 Å². The maximum atomic E-state index is 9.13. The van der Waals surface area contributed by atoms with Crippen molar-refractivity contribution in [2.75, 3.05) is 5.32 Å². The van der Waals surface area contributed by atoms with Crippen molar-refractivity contribution in [1.82, 2.24) is 4.98 Å². The van der Waals surface area contributed by atoms with Gasteiger partial charge in [0.05, 0.1) is 5.56 Å². The second-order valence-corrected chi connectivity index (χ2v) is 3.18. The minimum atomic E-state index is 0.201. The molecule has 78 valence electrons. The highest BCUT2D eigenvalue weighted by Crippen LogP contribution is 2.19. The number of aromatic nitrogens is 1. The number of phenols is 1. The van der Waals surface area contributed by atoms with Gasteiger partial charge in [-0.15, -0.1) is 0 Å². The topological polar surface area (TPSA) is 68.9 Å². The summed E-state index contributed by atoms with van der Waals surface area (Å²) in [6, 6.07) is 12.0. The van der Waals surface area contributed by atoms with E-state index in [0.717, 1.165) is 5.69 Å². The third-order valence-electron chi connectivity index (χ3n) is 2.06. The van der Waals surface area contributed by atoms with Gasteiger partial charge in [-0.2, -0.15) is 5.26 Å². The molecule has 4 nitrogen and oxygen atoms in total. The summed E-state index contributed by atoms with van der Waals surface area (Å²) < 4.78 is 0. The first-order chi connectivity index (χ1) is 7.79. The molecule has 0 atom stereocenters. The van der Waals surface area contributed by atoms with E-state index < -0.39 is 0 Å². The summed E-state index contributed by atoms with van der Waals surface area (Å²) in [5.74, 6) is 0.711. The van der Waals surface area contributed by atoms with E-state index in [1.165, 1.54) is 0 Å². The Morgan fingerprint density at radius 2 is 1.94 bits per heavy atom. The SMILES string of the molecule is N#Cc1cccnc1Nc1ccc(O)cc1. The highest BCUT2D eigenvalue weighted by Gasteiger charge is 2.02. The number of nitrogens with zero attached hydrogens (tertiary/aromatic N) is 2. The largest absolute Gasteiger partial charge is 0.508 e. The molecule has 1 aromatic carbocycles. The molecule has 0 radical (unpaired) electrons. The molecule has 4 heteroatoms. The number of rotatable bonds is 2. The average molecular weight is 211 g/mol. The van der Waals surface area contributed by atoms with Gasteiger partial charge in [-0.25, -0.2) is 4.98 Å². The fourth-order valence-electron chi connectivity index (χ4n) is 1.28. The van der Waals surface area contributed by atoms with Crippen molar-refractivity contribution in [2.45, 2.75) is 0 Å². The molecule has 16 heavy (non-hydrogen) atoms. The lowest BCUT2D eigenvalue weighted by Crippen LogP contribution is -1.95. The van der Waals surface area contributed by atoms with Crippen molar-refractivity contribution in [3.8, 4) is 11.8 Å². The minimum absolute atomic E-state index is 0.201. The van der Waals surface area contributed by atoms with Crippen LogP contribution >= 0.6 is 0 Å². The van der Waals surface area contributed by atoms with Gasteiger partial charge in [0.25, 0.3) is 0 Å². The Kier molecular flexibility index (Phi) is 2.70. The molecule has 0 aliphatic rings. The Balaban J connectivity index is 2.27. The van der Waals surface area contributed by atoms with Crippen LogP contribution in [0.25, 0.3) is 0 Å². The quantitative estimate of drug-likeness (QED) is 0.748. The van der Waals surface area contributed by atoms with Crippen LogP contribution in [0.1, 0.15) is 5.56 Å². The first kappa shape index (κ1) is 9.99. The number of nitrogens with one attached hydrogen (secondary N) is 1. The molecule has 0 spiro atoms. The zero-order chi connectivity index (χ0) is 11.4. The number of hydrogen-bond donors (Lipinski definition) is 2. The van der Waals surface area contributed by atoms with Gasteiger partial charge in [0.1, 0.15) is 17.6 Å². The lowest BCUT2D eigenvalue weighted by molar-refractivity contribution is 0.475. The zero-order valence-corrected chi connectivity index (χ0v) is 8.38. The average Bonchev–Trinajstić information content (AvgIpc) is 2.33. The predicted octanol–water partition coefficient (Wildman–Crippen LogP) is 2.40. The number of anilines is 2. The third kappa shape index (κ3) is 2.10. The molecule has 0 saturated heterocycles. The van der Waals surface area contributed by atoms with Crippen molar-refractivity contribution in [3.63, 3.8) is 0 Å². The lowest BCUT2D eigenvalue weighted by atomic mass is 10.2. The van der Waals surface area contributed by atoms with Gasteiger partial charge in [-0.05, 0) is 36.4 Å². The molecule has 2 aromatic rings. The Morgan fingerprint density at radius 1 is 1.19 bits per heavy atom. The molecule has 1 aromatic heterocycles. The zero-order valence-electron chi connectivity index (χ0n) is 8.38. The molecule has 1 heterocycles. The van der Waals surface area contributed by atoms with E-state index in [9.17, 15) is 0 Å². The summed E-state index contributed by atoms with van der Waals surface area (Å²) in [6.07, 6.45) is 1.61. The standard InChI is InChI=1S/C12H9N3O/c13-8-9-2-1-7-14-12(9)15-10-3-5-11(16)6-4-10/h1-7,16H,(H,14,15). The van der Waals surface area contributed by atoms with Crippen LogP contribution in [0, 0.1) is 11.3 Å². The first-order valence-corrected chi connectivity index (χ1v) is 4.71. The summed E-state index contributed by atoms with van der Waals surface area (Å²) in [5, 5.41) is 21.0. The Morgan fingerprint density at radius 3 is 2.62 bits per heavy atom. The van der Waals surface area contributed by atoms with Crippen LogP contribution in [0.15, 0.2) is 42.6 Å². The van der Waals surface area contributed by atoms with Gasteiger partial charge in [0, 0.05) is 11.9 Å². The minimum Gasteiger partial charge on any atom is -0.508 e. The summed E-state index contributed by atoms with van der Waals surface area (Å²) in [6.45, 7) is 0. The normalized spacial score (nSPS) is 9.44. The summed E-state index contributed by atoms with van der Waals surface area (Å²) in [4.78, 5) is 4.07. The number of phenolic OH excluding ortho intramolecular Hbond substituents is 1. The Bertz CT molecular complexity index is 529. The third-order valence-corrected chi connectivity index (χ3v) is 2.06. The van der Waals surface area contributed by atoms with Crippen LogP contribution in [-0.4, -0.2) is 10.1 Å². The number of nitriles is 1. The van der Waals surface area contributed by atoms with Gasteiger partial charge >= 0.3 is 0 Å². The fraction of sp³-hybridized carbons (Fsp3) is 0. The van der Waals surface area contributed by atoms with Crippen molar-refractivity contribution in [2.24, 2.45) is 0 Å². The molecule has 2 N–H and O–H groups in total. The molecule has 0 fully saturated rings. The fourth-order valence-corrected chi connectivity index (χ4v) is 1.28. The summed E-state index contributed by atoms with van der Waals surface area (Å²) in [5.41, 5.74) is 1.25. The molecule has 0 aliphatic carbocycles. The van der Waals surface area contributed by atoms with E-state index in [1.54, 1.807) is 42.6 Å². The van der Waals surface area contributed by atoms with Crippen LogP contribution in [-0.2, 0) is 0 Å². The number of aromatic hydroxyl groups is 1. The van der Waals surface area contributed by atoms with E-state index in [2.05, 4.69) is 16.4 Å². The van der Waals surface area contributed by atoms with Crippen LogP contribution in [0.3, 0.4) is 0 Å². The second-order valence-electron chi connectivity index (χ2n) is 3.18. The molecule has 0 amide bonds. The Hall–Kier alpha value is -2.54. The summed E-state index contributed by atoms with van der Waals surface area (Å²) >= 11 is 0. The highest BCUT2D eigenvalue weighted by molar-refractivity contribution is 5.62. The maximum absolute atomic E-state index is 9.13. The number of pyridine rings is 1. The predicted molar refractivity (Wildman–Crippen MR) is 60.3 cm³/mol. The molecule has 2 rings (SSSR count). The van der Waals surface area contributed by atoms with Crippen molar-refractivity contribution >= 4 is 11.5 Å². The van der Waals surface area contributed by atoms with Gasteiger partial charge in [0.15, 0.2) is 0 Å². The van der Waals surface area contributed by atoms with Crippen molar-refractivity contribution < 1.29 is 5.11 Å². The second kappa shape index (κ2) is 4.32. The van der Waals surface area contributed by atoms with E-state index in [-0.39, 0.29) is 5.75 Å². The first-order valence-electron chi connectivity index (χ1n) is 4.71. The van der Waals surface area contributed by atoms with Crippen molar-refractivity contribution in [1.29, 1.82) is 5.26 Å². The van der Waals surface area contributed by atoms with E-state index in [4.69, 9.17) is 10.4 Å². The van der Waals surface area contributed by atoms with Crippen LogP contribution in [0.5, 0.6) is 5.75 Å². The van der Waals surface area contributed by atoms with Crippen LogP contribution in [0.2, 0.25) is 0 Å². The van der Waals surface area contributed by atoms with Gasteiger partial charge < -0.3 is 10.4 Å². The molecular formula is C12H9N3O. The van der Waals surface area contributed by atoms with Crippen LogP contribution in [0.4, 0.5) is 11.5 Å². The molecular weight excluding hydrogens is 202 g/mol. The number of hydrogen-bond acceptors (Lipinski definition) is 4. The van der Waals surface area contributed by atoms with Gasteiger partial charge in [0.2, 0.25) is 0 Å². The smallest absolute Gasteiger partial charge is 0.148 e. The van der Waals surface area contributed by atoms with Gasteiger partial charge in [-0.1, -0.05) is 0 Å². The monoisotopic (exact) mass is 211 g/mol. The lowest BCUT2D eigenvalue weighted by Gasteiger charge is -2.06. The molecule has 0 saturated carbocycles. The summed E-state index contributed by atoms with van der Waals surface area (Å²) in [7, 11) is 0. The molecule has 0 bridgehead atoms. The van der Waals surface area contributed by atoms with E-state index in [0.29, 0.717) is 11.4 Å². The molecule has 0 unspecified atom stereocenters. The van der Waals surface area contributed by atoms with Crippen LogP contribution < -0.4 is 5.32 Å². The van der Waals surface area contributed by atoms with E-state index in [1.807, 2.05) is 0 Å². The highest BCUT2D eigenvalue weighted by atomic mass is 16.3. The maximum Gasteiger partial charge on any atom is 0.148 e. The molecule has 0 aliphatic heterocycles. The number of benzene rings is 1.